The normalized spacial score (nSPS) is 10.0. The molecule has 0 aliphatic heterocycles. The number of nitrogen functional groups attached to an aromatic ring is 1. The molecular weight excluding hydrogens is 268 g/mol. The summed E-state index contributed by atoms with van der Waals surface area (Å²) in [6, 6.07) is 10.5. The first-order chi connectivity index (χ1) is 10.1. The number of ether oxygens (including phenoxy) is 2. The van der Waals surface area contributed by atoms with E-state index >= 15 is 0 Å². The lowest BCUT2D eigenvalue weighted by molar-refractivity contribution is 0.102. The highest BCUT2D eigenvalue weighted by Gasteiger charge is 2.14. The standard InChI is InChI=1S/C16H18N2O3/c1-10-5-4-6-12(15(10)17)16(19)18-13-9-11(20-2)7-8-14(13)21-3/h4-9H,17H2,1-3H3,(H,18,19). The van der Waals surface area contributed by atoms with Crippen molar-refractivity contribution in [3.63, 3.8) is 0 Å². The average molecular weight is 286 g/mol. The molecular formula is C16H18N2O3. The maximum atomic E-state index is 12.4. The van der Waals surface area contributed by atoms with Crippen LogP contribution in [0.15, 0.2) is 36.4 Å². The predicted octanol–water partition coefficient (Wildman–Crippen LogP) is 2.85. The summed E-state index contributed by atoms with van der Waals surface area (Å²) < 4.78 is 10.4. The third-order valence-electron chi connectivity index (χ3n) is 3.22. The summed E-state index contributed by atoms with van der Waals surface area (Å²) in [5.74, 6) is 0.890. The Balaban J connectivity index is 2.33. The van der Waals surface area contributed by atoms with E-state index in [1.54, 1.807) is 44.6 Å². The van der Waals surface area contributed by atoms with Gasteiger partial charge in [-0.25, -0.2) is 0 Å². The lowest BCUT2D eigenvalue weighted by atomic mass is 10.1. The molecule has 5 heteroatoms. The fourth-order valence-electron chi connectivity index (χ4n) is 1.98. The van der Waals surface area contributed by atoms with Gasteiger partial charge in [-0.2, -0.15) is 0 Å². The molecule has 3 N–H and O–H groups in total. The molecule has 0 atom stereocenters. The number of amides is 1. The van der Waals surface area contributed by atoms with Crippen LogP contribution in [0.2, 0.25) is 0 Å². The Labute approximate surface area is 123 Å². The summed E-state index contributed by atoms with van der Waals surface area (Å²) in [6.45, 7) is 1.86. The van der Waals surface area contributed by atoms with Crippen LogP contribution in [0.3, 0.4) is 0 Å². The van der Waals surface area contributed by atoms with Crippen LogP contribution >= 0.6 is 0 Å². The second-order valence-electron chi connectivity index (χ2n) is 4.56. The largest absolute Gasteiger partial charge is 0.497 e. The zero-order valence-corrected chi connectivity index (χ0v) is 12.3. The summed E-state index contributed by atoms with van der Waals surface area (Å²) in [6.07, 6.45) is 0. The van der Waals surface area contributed by atoms with E-state index in [-0.39, 0.29) is 5.91 Å². The highest BCUT2D eigenvalue weighted by Crippen LogP contribution is 2.29. The molecule has 0 unspecified atom stereocenters. The number of para-hydroxylation sites is 1. The third-order valence-corrected chi connectivity index (χ3v) is 3.22. The lowest BCUT2D eigenvalue weighted by Gasteiger charge is -2.13. The van der Waals surface area contributed by atoms with E-state index in [4.69, 9.17) is 15.2 Å². The first-order valence-electron chi connectivity index (χ1n) is 6.45. The van der Waals surface area contributed by atoms with Gasteiger partial charge in [0.15, 0.2) is 0 Å². The molecule has 0 spiro atoms. The first kappa shape index (κ1) is 14.7. The molecule has 2 rings (SSSR count). The number of carbonyl (C=O) groups excluding carboxylic acids is 1. The minimum Gasteiger partial charge on any atom is -0.497 e. The number of anilines is 2. The number of methoxy groups -OCH3 is 2. The average Bonchev–Trinajstić information content (AvgIpc) is 2.49. The quantitative estimate of drug-likeness (QED) is 0.848. The maximum absolute atomic E-state index is 12.4. The van der Waals surface area contributed by atoms with Gasteiger partial charge in [0.1, 0.15) is 11.5 Å². The van der Waals surface area contributed by atoms with E-state index in [1.165, 1.54) is 0 Å². The Bertz CT molecular complexity index is 669. The monoisotopic (exact) mass is 286 g/mol. The summed E-state index contributed by atoms with van der Waals surface area (Å²) in [5, 5.41) is 2.80. The number of carbonyl (C=O) groups is 1. The number of nitrogens with one attached hydrogen (secondary N) is 1. The van der Waals surface area contributed by atoms with Gasteiger partial charge in [0, 0.05) is 11.8 Å². The van der Waals surface area contributed by atoms with Crippen LogP contribution in [-0.4, -0.2) is 20.1 Å². The highest BCUT2D eigenvalue weighted by molar-refractivity contribution is 6.08. The van der Waals surface area contributed by atoms with Gasteiger partial charge < -0.3 is 20.5 Å². The fourth-order valence-corrected chi connectivity index (χ4v) is 1.98. The van der Waals surface area contributed by atoms with E-state index < -0.39 is 0 Å². The summed E-state index contributed by atoms with van der Waals surface area (Å²) in [4.78, 5) is 12.4. The van der Waals surface area contributed by atoms with E-state index in [2.05, 4.69) is 5.32 Å². The van der Waals surface area contributed by atoms with Crippen molar-refractivity contribution in [3.05, 3.63) is 47.5 Å². The van der Waals surface area contributed by atoms with Gasteiger partial charge in [0.2, 0.25) is 0 Å². The zero-order chi connectivity index (χ0) is 15.4. The maximum Gasteiger partial charge on any atom is 0.257 e. The number of rotatable bonds is 4. The molecule has 0 aliphatic rings. The SMILES string of the molecule is COc1ccc(OC)c(NC(=O)c2cccc(C)c2N)c1. The van der Waals surface area contributed by atoms with Crippen molar-refractivity contribution < 1.29 is 14.3 Å². The second kappa shape index (κ2) is 6.17. The number of aryl methyl sites for hydroxylation is 1. The number of hydrogen-bond acceptors (Lipinski definition) is 4. The van der Waals surface area contributed by atoms with Gasteiger partial charge in [-0.05, 0) is 30.7 Å². The molecule has 0 saturated carbocycles. The van der Waals surface area contributed by atoms with Gasteiger partial charge in [-0.3, -0.25) is 4.79 Å². The van der Waals surface area contributed by atoms with Gasteiger partial charge in [-0.1, -0.05) is 12.1 Å². The third kappa shape index (κ3) is 3.08. The van der Waals surface area contributed by atoms with Gasteiger partial charge >= 0.3 is 0 Å². The highest BCUT2D eigenvalue weighted by atomic mass is 16.5. The molecule has 0 radical (unpaired) electrons. The summed E-state index contributed by atoms with van der Waals surface area (Å²) >= 11 is 0. The van der Waals surface area contributed by atoms with Crippen LogP contribution in [0.5, 0.6) is 11.5 Å². The molecule has 2 aromatic carbocycles. The van der Waals surface area contributed by atoms with Crippen molar-refractivity contribution in [1.29, 1.82) is 0 Å². The molecule has 21 heavy (non-hydrogen) atoms. The molecule has 0 heterocycles. The summed E-state index contributed by atoms with van der Waals surface area (Å²) in [7, 11) is 3.10. The van der Waals surface area contributed by atoms with E-state index in [1.807, 2.05) is 13.0 Å². The molecule has 110 valence electrons. The molecule has 0 aromatic heterocycles. The molecule has 1 amide bonds. The second-order valence-corrected chi connectivity index (χ2v) is 4.56. The van der Waals surface area contributed by atoms with Crippen LogP contribution in [0, 0.1) is 6.92 Å². The van der Waals surface area contributed by atoms with Crippen LogP contribution in [-0.2, 0) is 0 Å². The lowest BCUT2D eigenvalue weighted by Crippen LogP contribution is -2.15. The molecule has 0 saturated heterocycles. The van der Waals surface area contributed by atoms with Gasteiger partial charge in [0.25, 0.3) is 5.91 Å². The molecule has 0 aliphatic carbocycles. The van der Waals surface area contributed by atoms with Crippen LogP contribution in [0.4, 0.5) is 11.4 Å². The Kier molecular flexibility index (Phi) is 4.33. The topological polar surface area (TPSA) is 73.6 Å². The Morgan fingerprint density at radius 2 is 1.90 bits per heavy atom. The van der Waals surface area contributed by atoms with Gasteiger partial charge in [-0.15, -0.1) is 0 Å². The zero-order valence-electron chi connectivity index (χ0n) is 12.3. The van der Waals surface area contributed by atoms with Crippen LogP contribution < -0.4 is 20.5 Å². The number of hydrogen-bond donors (Lipinski definition) is 2. The Hall–Kier alpha value is -2.69. The van der Waals surface area contributed by atoms with Crippen molar-refractivity contribution in [1.82, 2.24) is 0 Å². The summed E-state index contributed by atoms with van der Waals surface area (Å²) in [5.41, 5.74) is 8.24. The van der Waals surface area contributed by atoms with Crippen molar-refractivity contribution in [2.24, 2.45) is 0 Å². The van der Waals surface area contributed by atoms with Crippen molar-refractivity contribution in [2.45, 2.75) is 6.92 Å². The number of benzene rings is 2. The molecule has 0 fully saturated rings. The minimum atomic E-state index is -0.289. The first-order valence-corrected chi connectivity index (χ1v) is 6.45. The van der Waals surface area contributed by atoms with E-state index in [0.717, 1.165) is 5.56 Å². The Morgan fingerprint density at radius 1 is 1.14 bits per heavy atom. The van der Waals surface area contributed by atoms with Crippen molar-refractivity contribution in [2.75, 3.05) is 25.3 Å². The van der Waals surface area contributed by atoms with Crippen LogP contribution in [0.25, 0.3) is 0 Å². The van der Waals surface area contributed by atoms with Crippen molar-refractivity contribution >= 4 is 17.3 Å². The molecule has 2 aromatic rings. The minimum absolute atomic E-state index is 0.289. The Morgan fingerprint density at radius 3 is 2.57 bits per heavy atom. The number of nitrogens with two attached hydrogens (primary N) is 1. The molecule has 5 nitrogen and oxygen atoms in total. The fraction of sp³-hybridized carbons (Fsp3) is 0.188. The molecule has 0 bridgehead atoms. The predicted molar refractivity (Wildman–Crippen MR) is 83.1 cm³/mol. The van der Waals surface area contributed by atoms with Gasteiger partial charge in [0.05, 0.1) is 25.5 Å². The van der Waals surface area contributed by atoms with Crippen LogP contribution in [0.1, 0.15) is 15.9 Å². The van der Waals surface area contributed by atoms with E-state index in [9.17, 15) is 4.79 Å². The van der Waals surface area contributed by atoms with E-state index in [0.29, 0.717) is 28.4 Å². The smallest absolute Gasteiger partial charge is 0.257 e. The van der Waals surface area contributed by atoms with Crippen molar-refractivity contribution in [3.8, 4) is 11.5 Å².